The van der Waals surface area contributed by atoms with Crippen molar-refractivity contribution in [1.82, 2.24) is 0 Å². The lowest BCUT2D eigenvalue weighted by Gasteiger charge is -2.26. The summed E-state index contributed by atoms with van der Waals surface area (Å²) in [6.07, 6.45) is 3.62. The Balaban J connectivity index is 2.16. The summed E-state index contributed by atoms with van der Waals surface area (Å²) >= 11 is 6.25. The number of benzene rings is 1. The zero-order valence-electron chi connectivity index (χ0n) is 10.7. The summed E-state index contributed by atoms with van der Waals surface area (Å²) in [7, 11) is 1.99. The molecule has 5 heteroatoms. The van der Waals surface area contributed by atoms with E-state index in [9.17, 15) is 4.79 Å². The molecule has 1 aliphatic rings. The van der Waals surface area contributed by atoms with E-state index in [1.54, 1.807) is 6.07 Å². The van der Waals surface area contributed by atoms with Gasteiger partial charge >= 0.3 is 5.97 Å². The van der Waals surface area contributed by atoms with Gasteiger partial charge in [-0.15, -0.1) is 0 Å². The molecule has 0 amide bonds. The minimum absolute atomic E-state index is 0.345. The number of carboxylic acid groups (broad SMARTS) is 1. The lowest BCUT2D eigenvalue weighted by molar-refractivity contribution is -0.131. The van der Waals surface area contributed by atoms with E-state index in [-0.39, 0.29) is 0 Å². The lowest BCUT2D eigenvalue weighted by atomic mass is 10.1. The number of rotatable bonds is 4. The van der Waals surface area contributed by atoms with Crippen LogP contribution in [0.25, 0.3) is 6.08 Å². The standard InChI is InChI=1S/C14H16ClNO3/c1-16(11-6-7-19-9-11)13-4-2-10(8-12(13)15)3-5-14(17)18/h2-5,8,11H,6-7,9H2,1H3,(H,17,18)/b5-3+. The van der Waals surface area contributed by atoms with Crippen LogP contribution in [0.5, 0.6) is 0 Å². The maximum Gasteiger partial charge on any atom is 0.328 e. The van der Waals surface area contributed by atoms with Crippen molar-refractivity contribution in [3.63, 3.8) is 0 Å². The Bertz CT molecular complexity index is 495. The molecular weight excluding hydrogens is 266 g/mol. The van der Waals surface area contributed by atoms with Gasteiger partial charge in [0.2, 0.25) is 0 Å². The highest BCUT2D eigenvalue weighted by molar-refractivity contribution is 6.33. The average molecular weight is 282 g/mol. The molecule has 1 N–H and O–H groups in total. The second-order valence-corrected chi connectivity index (χ2v) is 4.92. The SMILES string of the molecule is CN(c1ccc(/C=C/C(=O)O)cc1Cl)C1CCOC1. The van der Waals surface area contributed by atoms with Crippen molar-refractivity contribution >= 4 is 29.3 Å². The molecule has 0 aromatic heterocycles. The highest BCUT2D eigenvalue weighted by atomic mass is 35.5. The Kier molecular flexibility index (Phi) is 4.45. The summed E-state index contributed by atoms with van der Waals surface area (Å²) in [6, 6.07) is 5.87. The van der Waals surface area contributed by atoms with Gasteiger partial charge in [-0.3, -0.25) is 0 Å². The monoisotopic (exact) mass is 281 g/mol. The van der Waals surface area contributed by atoms with E-state index >= 15 is 0 Å². The smallest absolute Gasteiger partial charge is 0.328 e. The third-order valence-electron chi connectivity index (χ3n) is 3.22. The number of carboxylic acids is 1. The maximum absolute atomic E-state index is 10.5. The minimum Gasteiger partial charge on any atom is -0.478 e. The third-order valence-corrected chi connectivity index (χ3v) is 3.53. The predicted octanol–water partition coefficient (Wildman–Crippen LogP) is 2.66. The molecule has 0 spiro atoms. The second-order valence-electron chi connectivity index (χ2n) is 4.51. The largest absolute Gasteiger partial charge is 0.478 e. The van der Waals surface area contributed by atoms with Gasteiger partial charge in [-0.2, -0.15) is 0 Å². The van der Waals surface area contributed by atoms with Crippen molar-refractivity contribution in [2.75, 3.05) is 25.2 Å². The summed E-state index contributed by atoms with van der Waals surface area (Å²) in [5, 5.41) is 9.20. The minimum atomic E-state index is -0.972. The first-order valence-corrected chi connectivity index (χ1v) is 6.47. The number of nitrogens with zero attached hydrogens (tertiary/aromatic N) is 1. The van der Waals surface area contributed by atoms with Crippen molar-refractivity contribution in [1.29, 1.82) is 0 Å². The Morgan fingerprint density at radius 3 is 2.95 bits per heavy atom. The van der Waals surface area contributed by atoms with E-state index < -0.39 is 5.97 Å². The Hall–Kier alpha value is -1.52. The Morgan fingerprint density at radius 2 is 2.37 bits per heavy atom. The number of carbonyl (C=O) groups is 1. The Labute approximate surface area is 117 Å². The van der Waals surface area contributed by atoms with Crippen molar-refractivity contribution in [2.45, 2.75) is 12.5 Å². The molecule has 0 radical (unpaired) electrons. The van der Waals surface area contributed by atoms with Gasteiger partial charge in [0.05, 0.1) is 23.4 Å². The van der Waals surface area contributed by atoms with E-state index in [4.69, 9.17) is 21.4 Å². The van der Waals surface area contributed by atoms with E-state index in [2.05, 4.69) is 4.90 Å². The van der Waals surface area contributed by atoms with Crippen LogP contribution in [0, 0.1) is 0 Å². The van der Waals surface area contributed by atoms with Gasteiger partial charge in [-0.25, -0.2) is 4.79 Å². The van der Waals surface area contributed by atoms with Crippen molar-refractivity contribution in [3.8, 4) is 0 Å². The molecule has 1 atom stereocenters. The summed E-state index contributed by atoms with van der Waals surface area (Å²) in [6.45, 7) is 1.50. The van der Waals surface area contributed by atoms with Crippen LogP contribution in [-0.4, -0.2) is 37.4 Å². The number of halogens is 1. The first-order chi connectivity index (χ1) is 9.08. The zero-order valence-corrected chi connectivity index (χ0v) is 11.4. The summed E-state index contributed by atoms with van der Waals surface area (Å²) in [4.78, 5) is 12.6. The summed E-state index contributed by atoms with van der Waals surface area (Å²) in [5.74, 6) is -0.972. The zero-order chi connectivity index (χ0) is 13.8. The molecule has 0 aliphatic carbocycles. The van der Waals surface area contributed by atoms with E-state index in [1.807, 2.05) is 19.2 Å². The molecule has 1 aromatic carbocycles. The van der Waals surface area contributed by atoms with Gasteiger partial charge < -0.3 is 14.7 Å². The van der Waals surface area contributed by atoms with Gasteiger partial charge in [0.15, 0.2) is 0 Å². The van der Waals surface area contributed by atoms with Crippen molar-refractivity contribution < 1.29 is 14.6 Å². The number of likely N-dealkylation sites (N-methyl/N-ethyl adjacent to an activating group) is 1. The van der Waals surface area contributed by atoms with Gasteiger partial charge in [-0.1, -0.05) is 17.7 Å². The van der Waals surface area contributed by atoms with Crippen LogP contribution < -0.4 is 4.90 Å². The fraction of sp³-hybridized carbons (Fsp3) is 0.357. The highest BCUT2D eigenvalue weighted by Crippen LogP contribution is 2.29. The number of hydrogen-bond donors (Lipinski definition) is 1. The quantitative estimate of drug-likeness (QED) is 0.862. The summed E-state index contributed by atoms with van der Waals surface area (Å²) < 4.78 is 5.37. The molecule has 1 aromatic rings. The van der Waals surface area contributed by atoms with Crippen molar-refractivity contribution in [2.24, 2.45) is 0 Å². The van der Waals surface area contributed by atoms with Crippen molar-refractivity contribution in [3.05, 3.63) is 34.9 Å². The number of anilines is 1. The molecule has 0 bridgehead atoms. The van der Waals surface area contributed by atoms with Gasteiger partial charge in [0, 0.05) is 19.7 Å². The molecule has 4 nitrogen and oxygen atoms in total. The molecular formula is C14H16ClNO3. The van der Waals surface area contributed by atoms with Crippen LogP contribution in [0.3, 0.4) is 0 Å². The predicted molar refractivity (Wildman–Crippen MR) is 75.7 cm³/mol. The molecule has 19 heavy (non-hydrogen) atoms. The van der Waals surface area contributed by atoms with Crippen LogP contribution in [0.4, 0.5) is 5.69 Å². The Morgan fingerprint density at radius 1 is 1.58 bits per heavy atom. The lowest BCUT2D eigenvalue weighted by Crippen LogP contribution is -2.31. The molecule has 102 valence electrons. The average Bonchev–Trinajstić information content (AvgIpc) is 2.89. The van der Waals surface area contributed by atoms with Gasteiger partial charge in [-0.05, 0) is 30.2 Å². The van der Waals surface area contributed by atoms with E-state index in [0.717, 1.165) is 30.4 Å². The molecule has 0 saturated carbocycles. The molecule has 1 fully saturated rings. The molecule has 1 saturated heterocycles. The van der Waals surface area contributed by atoms with Crippen LogP contribution in [0.2, 0.25) is 5.02 Å². The van der Waals surface area contributed by atoms with Gasteiger partial charge in [0.1, 0.15) is 0 Å². The number of aliphatic carboxylic acids is 1. The number of ether oxygens (including phenoxy) is 1. The van der Waals surface area contributed by atoms with Crippen LogP contribution in [0.1, 0.15) is 12.0 Å². The van der Waals surface area contributed by atoms with Crippen LogP contribution >= 0.6 is 11.6 Å². The van der Waals surface area contributed by atoms with E-state index in [1.165, 1.54) is 6.08 Å². The van der Waals surface area contributed by atoms with Crippen LogP contribution in [-0.2, 0) is 9.53 Å². The summed E-state index contributed by atoms with van der Waals surface area (Å²) in [5.41, 5.74) is 1.71. The van der Waals surface area contributed by atoms with E-state index in [0.29, 0.717) is 17.7 Å². The highest BCUT2D eigenvalue weighted by Gasteiger charge is 2.21. The first-order valence-electron chi connectivity index (χ1n) is 6.09. The molecule has 1 heterocycles. The maximum atomic E-state index is 10.5. The van der Waals surface area contributed by atoms with Crippen LogP contribution in [0.15, 0.2) is 24.3 Å². The second kappa shape index (κ2) is 6.08. The molecule has 2 rings (SSSR count). The third kappa shape index (κ3) is 3.49. The van der Waals surface area contributed by atoms with Gasteiger partial charge in [0.25, 0.3) is 0 Å². The number of hydrogen-bond acceptors (Lipinski definition) is 3. The fourth-order valence-electron chi connectivity index (χ4n) is 2.10. The molecule has 1 unspecified atom stereocenters. The molecule has 1 aliphatic heterocycles. The normalized spacial score (nSPS) is 18.9. The fourth-order valence-corrected chi connectivity index (χ4v) is 2.43. The topological polar surface area (TPSA) is 49.8 Å². The first kappa shape index (κ1) is 13.9.